The second-order valence-corrected chi connectivity index (χ2v) is 7.28. The van der Waals surface area contributed by atoms with Gasteiger partial charge in [0, 0.05) is 24.3 Å². The molecular weight excluding hydrogens is 286 g/mol. The average molecular weight is 298 g/mol. The largest absolute Gasteiger partial charge is 0.407 e. The van der Waals surface area contributed by atoms with Gasteiger partial charge in [0.1, 0.15) is 11.3 Å². The average Bonchev–Trinajstić information content (AvgIpc) is 2.76. The number of rotatable bonds is 3. The van der Waals surface area contributed by atoms with Crippen LogP contribution in [0.15, 0.2) is 4.42 Å². The first-order valence-corrected chi connectivity index (χ1v) is 8.58. The lowest BCUT2D eigenvalue weighted by Gasteiger charge is -2.32. The molecule has 0 radical (unpaired) electrons. The number of halogens is 1. The Morgan fingerprint density at radius 1 is 1.59 bits per heavy atom. The van der Waals surface area contributed by atoms with E-state index in [9.17, 15) is 8.42 Å². The Kier molecular flexibility index (Phi) is 3.84. The smallest absolute Gasteiger partial charge is 0.319 e. The molecule has 1 aromatic heterocycles. The Balaban J connectivity index is 2.27. The van der Waals surface area contributed by atoms with E-state index < -0.39 is 15.2 Å². The molecular formula is C8H12ClN3O3S2. The van der Waals surface area contributed by atoms with Crippen LogP contribution in [0.1, 0.15) is 5.89 Å². The summed E-state index contributed by atoms with van der Waals surface area (Å²) in [4.78, 5) is 1.63. The normalized spacial score (nSPS) is 21.8. The van der Waals surface area contributed by atoms with E-state index >= 15 is 0 Å². The number of anilines is 1. The van der Waals surface area contributed by atoms with Gasteiger partial charge in [0.2, 0.25) is 5.89 Å². The van der Waals surface area contributed by atoms with Crippen molar-refractivity contribution in [3.8, 4) is 0 Å². The highest BCUT2D eigenvalue weighted by molar-refractivity contribution is 8.01. The van der Waals surface area contributed by atoms with Crippen LogP contribution in [0.25, 0.3) is 0 Å². The highest BCUT2D eigenvalue weighted by Gasteiger charge is 2.34. The minimum atomic E-state index is -3.18. The molecule has 0 amide bonds. The van der Waals surface area contributed by atoms with Gasteiger partial charge < -0.3 is 9.32 Å². The third-order valence-electron chi connectivity index (χ3n) is 2.40. The van der Waals surface area contributed by atoms with Crippen LogP contribution in [0.4, 0.5) is 6.01 Å². The third-order valence-corrected chi connectivity index (χ3v) is 5.27. The fourth-order valence-electron chi connectivity index (χ4n) is 1.57. The molecule has 1 fully saturated rings. The third kappa shape index (κ3) is 2.86. The maximum absolute atomic E-state index is 11.7. The van der Waals surface area contributed by atoms with Crippen LogP contribution in [0.2, 0.25) is 0 Å². The van der Waals surface area contributed by atoms with E-state index in [4.69, 9.17) is 16.0 Å². The number of alkyl halides is 1. The Bertz CT molecular complexity index is 490. The SMILES string of the molecule is CS(=O)(=O)C1CSCCN1c1nnc(CCl)o1. The molecule has 1 saturated heterocycles. The zero-order valence-electron chi connectivity index (χ0n) is 9.17. The van der Waals surface area contributed by atoms with Crippen LogP contribution in [-0.4, -0.2) is 48.3 Å². The van der Waals surface area contributed by atoms with E-state index in [2.05, 4.69) is 10.2 Å². The van der Waals surface area contributed by atoms with Gasteiger partial charge >= 0.3 is 6.01 Å². The lowest BCUT2D eigenvalue weighted by molar-refractivity contribution is 0.493. The van der Waals surface area contributed by atoms with Crippen molar-refractivity contribution in [2.24, 2.45) is 0 Å². The van der Waals surface area contributed by atoms with Gasteiger partial charge in [0.05, 0.1) is 0 Å². The predicted octanol–water partition coefficient (Wildman–Crippen LogP) is 0.732. The molecule has 1 aromatic rings. The molecule has 1 aliphatic rings. The van der Waals surface area contributed by atoms with E-state index in [0.29, 0.717) is 18.2 Å². The van der Waals surface area contributed by atoms with Crippen LogP contribution in [0.5, 0.6) is 0 Å². The van der Waals surface area contributed by atoms with Gasteiger partial charge in [-0.1, -0.05) is 5.10 Å². The van der Waals surface area contributed by atoms with E-state index in [1.165, 1.54) is 6.26 Å². The molecule has 0 aromatic carbocycles. The lowest BCUT2D eigenvalue weighted by Crippen LogP contribution is -2.47. The summed E-state index contributed by atoms with van der Waals surface area (Å²) in [6.07, 6.45) is 1.22. The number of hydrogen-bond donors (Lipinski definition) is 0. The highest BCUT2D eigenvalue weighted by Crippen LogP contribution is 2.25. The molecule has 2 rings (SSSR count). The molecule has 0 N–H and O–H groups in total. The topological polar surface area (TPSA) is 76.3 Å². The van der Waals surface area contributed by atoms with E-state index in [0.717, 1.165) is 5.75 Å². The molecule has 0 aliphatic carbocycles. The van der Waals surface area contributed by atoms with Crippen LogP contribution in [0.3, 0.4) is 0 Å². The van der Waals surface area contributed by atoms with Crippen molar-refractivity contribution in [1.82, 2.24) is 10.2 Å². The van der Waals surface area contributed by atoms with Crippen molar-refractivity contribution in [3.05, 3.63) is 5.89 Å². The summed E-state index contributed by atoms with van der Waals surface area (Å²) >= 11 is 7.17. The standard InChI is InChI=1S/C8H12ClN3O3S2/c1-17(13,14)7-5-16-3-2-12(7)8-11-10-6(4-9)15-8/h7H,2-5H2,1H3. The van der Waals surface area contributed by atoms with E-state index in [-0.39, 0.29) is 11.9 Å². The van der Waals surface area contributed by atoms with Crippen molar-refractivity contribution >= 4 is 39.2 Å². The van der Waals surface area contributed by atoms with Gasteiger partial charge in [-0.2, -0.15) is 11.8 Å². The van der Waals surface area contributed by atoms with E-state index in [1.807, 2.05) is 0 Å². The van der Waals surface area contributed by atoms with Gasteiger partial charge in [-0.25, -0.2) is 8.42 Å². The maximum atomic E-state index is 11.7. The first-order chi connectivity index (χ1) is 8.02. The minimum Gasteiger partial charge on any atom is -0.407 e. The zero-order chi connectivity index (χ0) is 12.5. The van der Waals surface area contributed by atoms with Crippen molar-refractivity contribution in [2.45, 2.75) is 11.3 Å². The zero-order valence-corrected chi connectivity index (χ0v) is 11.6. The van der Waals surface area contributed by atoms with Crippen molar-refractivity contribution in [3.63, 3.8) is 0 Å². The summed E-state index contributed by atoms with van der Waals surface area (Å²) in [5.74, 6) is 1.77. The molecule has 1 unspecified atom stereocenters. The second kappa shape index (κ2) is 5.03. The van der Waals surface area contributed by atoms with Gasteiger partial charge in [-0.05, 0) is 0 Å². The van der Waals surface area contributed by atoms with Gasteiger partial charge in [0.15, 0.2) is 9.84 Å². The minimum absolute atomic E-state index is 0.124. The Morgan fingerprint density at radius 2 is 2.35 bits per heavy atom. The molecule has 1 atom stereocenters. The number of nitrogens with zero attached hydrogens (tertiary/aromatic N) is 3. The summed E-state index contributed by atoms with van der Waals surface area (Å²) in [7, 11) is -3.18. The summed E-state index contributed by atoms with van der Waals surface area (Å²) in [5, 5.41) is 6.95. The molecule has 0 bridgehead atoms. The van der Waals surface area contributed by atoms with Crippen LogP contribution < -0.4 is 4.90 Å². The molecule has 0 spiro atoms. The van der Waals surface area contributed by atoms with Gasteiger partial charge in [0.25, 0.3) is 0 Å². The maximum Gasteiger partial charge on any atom is 0.319 e. The highest BCUT2D eigenvalue weighted by atomic mass is 35.5. The summed E-state index contributed by atoms with van der Waals surface area (Å²) < 4.78 is 28.6. The first kappa shape index (κ1) is 13.0. The summed E-state index contributed by atoms with van der Waals surface area (Å²) in [6, 6.07) is 0.233. The van der Waals surface area contributed by atoms with Crippen LogP contribution in [-0.2, 0) is 15.7 Å². The summed E-state index contributed by atoms with van der Waals surface area (Å²) in [5.41, 5.74) is 0. The van der Waals surface area contributed by atoms with E-state index in [1.54, 1.807) is 16.7 Å². The van der Waals surface area contributed by atoms with Crippen molar-refractivity contribution in [2.75, 3.05) is 29.2 Å². The summed E-state index contributed by atoms with van der Waals surface area (Å²) in [6.45, 7) is 0.576. The lowest BCUT2D eigenvalue weighted by atomic mass is 10.5. The molecule has 6 nitrogen and oxygen atoms in total. The quantitative estimate of drug-likeness (QED) is 0.761. The van der Waals surface area contributed by atoms with Gasteiger partial charge in [-0.3, -0.25) is 0 Å². The molecule has 17 heavy (non-hydrogen) atoms. The molecule has 0 saturated carbocycles. The van der Waals surface area contributed by atoms with Crippen LogP contribution in [0, 0.1) is 0 Å². The Hall–Kier alpha value is -0.470. The fourth-order valence-corrected chi connectivity index (χ4v) is 4.49. The molecule has 2 heterocycles. The second-order valence-electron chi connectivity index (χ2n) is 3.66. The molecule has 9 heteroatoms. The number of thioether (sulfide) groups is 1. The number of aromatic nitrogens is 2. The Labute approximate surface area is 109 Å². The predicted molar refractivity (Wildman–Crippen MR) is 67.2 cm³/mol. The first-order valence-electron chi connectivity index (χ1n) is 4.94. The van der Waals surface area contributed by atoms with Crippen LogP contribution >= 0.6 is 23.4 Å². The number of sulfone groups is 1. The fraction of sp³-hybridized carbons (Fsp3) is 0.750. The number of hydrogen-bond acceptors (Lipinski definition) is 7. The molecule has 1 aliphatic heterocycles. The van der Waals surface area contributed by atoms with Crippen molar-refractivity contribution < 1.29 is 12.8 Å². The monoisotopic (exact) mass is 297 g/mol. The van der Waals surface area contributed by atoms with Crippen molar-refractivity contribution in [1.29, 1.82) is 0 Å². The van der Waals surface area contributed by atoms with Gasteiger partial charge in [-0.15, -0.1) is 16.7 Å². The molecule has 96 valence electrons. The Morgan fingerprint density at radius 3 is 2.94 bits per heavy atom.